The monoisotopic (exact) mass is 169 g/mol. The second-order valence-corrected chi connectivity index (χ2v) is 3.43. The second-order valence-electron chi connectivity index (χ2n) is 3.43. The molecule has 12 heavy (non-hydrogen) atoms. The minimum Gasteiger partial charge on any atom is -0.377 e. The number of allylic oxidation sites excluding steroid dienone is 1. The molecular formula is C10H19NO. The Balaban J connectivity index is 2.02. The highest BCUT2D eigenvalue weighted by atomic mass is 16.5. The van der Waals surface area contributed by atoms with E-state index in [9.17, 15) is 0 Å². The summed E-state index contributed by atoms with van der Waals surface area (Å²) < 4.78 is 5.64. The molecule has 0 amide bonds. The van der Waals surface area contributed by atoms with E-state index in [1.54, 1.807) is 0 Å². The first-order chi connectivity index (χ1) is 5.84. The summed E-state index contributed by atoms with van der Waals surface area (Å²) in [5.41, 5.74) is 5.85. The topological polar surface area (TPSA) is 35.2 Å². The summed E-state index contributed by atoms with van der Waals surface area (Å²) in [5.74, 6) is 0. The first kappa shape index (κ1) is 9.75. The molecule has 0 aromatic heterocycles. The maximum atomic E-state index is 5.85. The third-order valence-electron chi connectivity index (χ3n) is 2.39. The van der Waals surface area contributed by atoms with E-state index in [2.05, 4.69) is 6.58 Å². The lowest BCUT2D eigenvalue weighted by Crippen LogP contribution is -2.31. The Labute approximate surface area is 74.8 Å². The van der Waals surface area contributed by atoms with Crippen LogP contribution < -0.4 is 5.73 Å². The van der Waals surface area contributed by atoms with E-state index in [1.165, 1.54) is 6.42 Å². The van der Waals surface area contributed by atoms with Gasteiger partial charge in [-0.3, -0.25) is 0 Å². The molecule has 2 N–H and O–H groups in total. The summed E-state index contributed by atoms with van der Waals surface area (Å²) in [4.78, 5) is 0. The molecule has 1 saturated carbocycles. The van der Waals surface area contributed by atoms with Crippen molar-refractivity contribution in [3.05, 3.63) is 12.7 Å². The highest BCUT2D eigenvalue weighted by Crippen LogP contribution is 2.20. The number of unbranched alkanes of at least 4 members (excludes halogenated alkanes) is 1. The van der Waals surface area contributed by atoms with Gasteiger partial charge in [0.05, 0.1) is 6.10 Å². The molecule has 0 heterocycles. The van der Waals surface area contributed by atoms with E-state index in [-0.39, 0.29) is 6.04 Å². The molecule has 0 radical (unpaired) electrons. The molecule has 0 spiro atoms. The molecule has 70 valence electrons. The summed E-state index contributed by atoms with van der Waals surface area (Å²) in [7, 11) is 0. The van der Waals surface area contributed by atoms with Crippen LogP contribution >= 0.6 is 0 Å². The van der Waals surface area contributed by atoms with Crippen LogP contribution in [0.15, 0.2) is 12.7 Å². The molecule has 0 bridgehead atoms. The van der Waals surface area contributed by atoms with Crippen molar-refractivity contribution < 1.29 is 4.74 Å². The Morgan fingerprint density at radius 2 is 2.33 bits per heavy atom. The van der Waals surface area contributed by atoms with Gasteiger partial charge in [0.15, 0.2) is 0 Å². The Kier molecular flexibility index (Phi) is 4.33. The van der Waals surface area contributed by atoms with Crippen LogP contribution in [0.5, 0.6) is 0 Å². The van der Waals surface area contributed by atoms with Crippen molar-refractivity contribution in [2.75, 3.05) is 6.61 Å². The number of hydrogen-bond acceptors (Lipinski definition) is 2. The third-order valence-corrected chi connectivity index (χ3v) is 2.39. The SMILES string of the molecule is C=CCCCOC1CCCC1N. The largest absolute Gasteiger partial charge is 0.377 e. The van der Waals surface area contributed by atoms with Gasteiger partial charge < -0.3 is 10.5 Å². The first-order valence-electron chi connectivity index (χ1n) is 4.82. The highest BCUT2D eigenvalue weighted by molar-refractivity contribution is 4.80. The molecule has 1 fully saturated rings. The highest BCUT2D eigenvalue weighted by Gasteiger charge is 2.23. The Morgan fingerprint density at radius 1 is 1.50 bits per heavy atom. The van der Waals surface area contributed by atoms with E-state index < -0.39 is 0 Å². The minimum atomic E-state index is 0.286. The van der Waals surface area contributed by atoms with Crippen LogP contribution in [0.25, 0.3) is 0 Å². The van der Waals surface area contributed by atoms with Crippen molar-refractivity contribution in [3.63, 3.8) is 0 Å². The van der Waals surface area contributed by atoms with Crippen molar-refractivity contribution in [1.82, 2.24) is 0 Å². The van der Waals surface area contributed by atoms with Gasteiger partial charge in [-0.25, -0.2) is 0 Å². The predicted molar refractivity (Wildman–Crippen MR) is 51.0 cm³/mol. The van der Waals surface area contributed by atoms with Crippen LogP contribution in [0.1, 0.15) is 32.1 Å². The van der Waals surface area contributed by atoms with E-state index in [0.29, 0.717) is 6.10 Å². The van der Waals surface area contributed by atoms with Gasteiger partial charge in [-0.1, -0.05) is 6.08 Å². The minimum absolute atomic E-state index is 0.286. The van der Waals surface area contributed by atoms with Gasteiger partial charge in [0.25, 0.3) is 0 Å². The summed E-state index contributed by atoms with van der Waals surface area (Å²) in [5, 5.41) is 0. The zero-order valence-electron chi connectivity index (χ0n) is 7.67. The molecule has 2 nitrogen and oxygen atoms in total. The van der Waals surface area contributed by atoms with E-state index in [0.717, 1.165) is 32.3 Å². The summed E-state index contributed by atoms with van der Waals surface area (Å²) in [6.07, 6.45) is 7.89. The van der Waals surface area contributed by atoms with Crippen molar-refractivity contribution in [2.24, 2.45) is 5.73 Å². The summed E-state index contributed by atoms with van der Waals surface area (Å²) in [6, 6.07) is 0.286. The number of hydrogen-bond donors (Lipinski definition) is 1. The predicted octanol–water partition coefficient (Wildman–Crippen LogP) is 1.85. The van der Waals surface area contributed by atoms with Crippen LogP contribution in [-0.4, -0.2) is 18.8 Å². The average Bonchev–Trinajstić information content (AvgIpc) is 2.46. The Morgan fingerprint density at radius 3 is 2.92 bits per heavy atom. The van der Waals surface area contributed by atoms with Gasteiger partial charge in [0.2, 0.25) is 0 Å². The van der Waals surface area contributed by atoms with Crippen molar-refractivity contribution in [2.45, 2.75) is 44.2 Å². The molecule has 2 atom stereocenters. The van der Waals surface area contributed by atoms with E-state index >= 15 is 0 Å². The summed E-state index contributed by atoms with van der Waals surface area (Å²) in [6.45, 7) is 4.50. The lowest BCUT2D eigenvalue weighted by molar-refractivity contribution is 0.0470. The first-order valence-corrected chi connectivity index (χ1v) is 4.82. The zero-order chi connectivity index (χ0) is 8.81. The second kappa shape index (κ2) is 5.33. The number of rotatable bonds is 5. The van der Waals surface area contributed by atoms with Crippen LogP contribution in [0.2, 0.25) is 0 Å². The fraction of sp³-hybridized carbons (Fsp3) is 0.800. The number of nitrogens with two attached hydrogens (primary N) is 1. The lowest BCUT2D eigenvalue weighted by Gasteiger charge is -2.15. The quantitative estimate of drug-likeness (QED) is 0.503. The van der Waals surface area contributed by atoms with E-state index in [4.69, 9.17) is 10.5 Å². The third kappa shape index (κ3) is 2.95. The molecule has 1 rings (SSSR count). The molecular weight excluding hydrogens is 150 g/mol. The normalized spacial score (nSPS) is 29.1. The summed E-state index contributed by atoms with van der Waals surface area (Å²) >= 11 is 0. The van der Waals surface area contributed by atoms with Gasteiger partial charge in [-0.15, -0.1) is 6.58 Å². The average molecular weight is 169 g/mol. The van der Waals surface area contributed by atoms with Crippen molar-refractivity contribution in [1.29, 1.82) is 0 Å². The smallest absolute Gasteiger partial charge is 0.0725 e. The van der Waals surface area contributed by atoms with Gasteiger partial charge >= 0.3 is 0 Å². The molecule has 1 aliphatic carbocycles. The van der Waals surface area contributed by atoms with Gasteiger partial charge in [-0.05, 0) is 32.1 Å². The molecule has 0 aromatic rings. The molecule has 2 heteroatoms. The molecule has 2 unspecified atom stereocenters. The number of ether oxygens (including phenoxy) is 1. The Hall–Kier alpha value is -0.340. The zero-order valence-corrected chi connectivity index (χ0v) is 7.67. The van der Waals surface area contributed by atoms with Crippen LogP contribution in [0.4, 0.5) is 0 Å². The van der Waals surface area contributed by atoms with Gasteiger partial charge in [0.1, 0.15) is 0 Å². The fourth-order valence-electron chi connectivity index (χ4n) is 1.62. The maximum absolute atomic E-state index is 5.85. The van der Waals surface area contributed by atoms with Crippen LogP contribution in [-0.2, 0) is 4.74 Å². The lowest BCUT2D eigenvalue weighted by atomic mass is 10.2. The fourth-order valence-corrected chi connectivity index (χ4v) is 1.62. The molecule has 0 aliphatic heterocycles. The molecule has 0 aromatic carbocycles. The van der Waals surface area contributed by atoms with Crippen molar-refractivity contribution >= 4 is 0 Å². The maximum Gasteiger partial charge on any atom is 0.0725 e. The molecule has 0 saturated heterocycles. The van der Waals surface area contributed by atoms with Crippen molar-refractivity contribution in [3.8, 4) is 0 Å². The van der Waals surface area contributed by atoms with Gasteiger partial charge in [-0.2, -0.15) is 0 Å². The standard InChI is InChI=1S/C10H19NO/c1-2-3-4-8-12-10-7-5-6-9(10)11/h2,9-10H,1,3-8,11H2. The van der Waals surface area contributed by atoms with Gasteiger partial charge in [0, 0.05) is 12.6 Å². The van der Waals surface area contributed by atoms with E-state index in [1.807, 2.05) is 6.08 Å². The van der Waals surface area contributed by atoms with Crippen LogP contribution in [0.3, 0.4) is 0 Å². The Bertz CT molecular complexity index is 136. The van der Waals surface area contributed by atoms with Crippen LogP contribution in [0, 0.1) is 0 Å². The molecule has 1 aliphatic rings.